The second-order valence-corrected chi connectivity index (χ2v) is 5.26. The second kappa shape index (κ2) is 8.84. The highest BCUT2D eigenvalue weighted by atomic mass is 19.1. The molecule has 1 amide bonds. The predicted octanol–water partition coefficient (Wildman–Crippen LogP) is 3.09. The Hall–Kier alpha value is -2.66. The van der Waals surface area contributed by atoms with Gasteiger partial charge in [0.1, 0.15) is 11.6 Å². The molecule has 0 heterocycles. The Morgan fingerprint density at radius 2 is 2.08 bits per heavy atom. The normalized spacial score (nSPS) is 12.1. The van der Waals surface area contributed by atoms with Gasteiger partial charge in [0.05, 0.1) is 13.2 Å². The third kappa shape index (κ3) is 5.52. The van der Waals surface area contributed by atoms with Crippen LogP contribution in [-0.2, 0) is 4.79 Å². The minimum atomic E-state index is -0.809. The van der Waals surface area contributed by atoms with E-state index >= 15 is 0 Å². The van der Waals surface area contributed by atoms with E-state index in [-0.39, 0.29) is 24.7 Å². The Morgan fingerprint density at radius 3 is 2.83 bits per heavy atom. The largest absolute Gasteiger partial charge is 0.497 e. The zero-order valence-electron chi connectivity index (χ0n) is 13.4. The molecule has 0 aliphatic heterocycles. The molecule has 0 bridgehead atoms. The minimum absolute atomic E-state index is 0.111. The predicted molar refractivity (Wildman–Crippen MR) is 91.0 cm³/mol. The molecular weight excluding hydrogens is 309 g/mol. The zero-order chi connectivity index (χ0) is 17.4. The standard InChI is InChI=1S/C19H20FNO3/c1-24-17-9-4-7-15(12-17)18(22)13-21-19(23)10-3-6-14-5-2-8-16(20)11-14/h2-9,11-12,18,22H,10,13H2,1H3,(H,21,23)/b6-3+. The van der Waals surface area contributed by atoms with E-state index in [2.05, 4.69) is 5.32 Å². The van der Waals surface area contributed by atoms with E-state index in [1.807, 2.05) is 0 Å². The van der Waals surface area contributed by atoms with Crippen LogP contribution in [0, 0.1) is 5.82 Å². The highest BCUT2D eigenvalue weighted by molar-refractivity contribution is 5.78. The average Bonchev–Trinajstić information content (AvgIpc) is 2.60. The van der Waals surface area contributed by atoms with Crippen LogP contribution in [0.1, 0.15) is 23.7 Å². The molecule has 0 aromatic heterocycles. The van der Waals surface area contributed by atoms with Crippen LogP contribution >= 0.6 is 0 Å². The number of hydrogen-bond acceptors (Lipinski definition) is 3. The Balaban J connectivity index is 1.80. The molecule has 0 radical (unpaired) electrons. The van der Waals surface area contributed by atoms with Crippen molar-refractivity contribution >= 4 is 12.0 Å². The number of hydrogen-bond donors (Lipinski definition) is 2. The van der Waals surface area contributed by atoms with Crippen LogP contribution in [-0.4, -0.2) is 24.7 Å². The lowest BCUT2D eigenvalue weighted by molar-refractivity contribution is -0.120. The molecule has 0 aliphatic rings. The van der Waals surface area contributed by atoms with Crippen molar-refractivity contribution in [1.82, 2.24) is 5.32 Å². The maximum absolute atomic E-state index is 13.0. The number of aliphatic hydroxyl groups excluding tert-OH is 1. The summed E-state index contributed by atoms with van der Waals surface area (Å²) in [7, 11) is 1.55. The smallest absolute Gasteiger partial charge is 0.223 e. The van der Waals surface area contributed by atoms with Gasteiger partial charge in [0, 0.05) is 13.0 Å². The zero-order valence-corrected chi connectivity index (χ0v) is 13.4. The Kier molecular flexibility index (Phi) is 6.51. The van der Waals surface area contributed by atoms with E-state index < -0.39 is 6.10 Å². The van der Waals surface area contributed by atoms with E-state index in [4.69, 9.17) is 4.74 Å². The lowest BCUT2D eigenvalue weighted by Crippen LogP contribution is -2.27. The number of amides is 1. The highest BCUT2D eigenvalue weighted by Crippen LogP contribution is 2.18. The van der Waals surface area contributed by atoms with E-state index in [0.717, 1.165) is 0 Å². The molecule has 0 spiro atoms. The number of rotatable bonds is 7. The second-order valence-electron chi connectivity index (χ2n) is 5.26. The molecule has 4 nitrogen and oxygen atoms in total. The van der Waals surface area contributed by atoms with Crippen molar-refractivity contribution in [2.45, 2.75) is 12.5 Å². The number of nitrogens with one attached hydrogen (secondary N) is 1. The summed E-state index contributed by atoms with van der Waals surface area (Å²) in [4.78, 5) is 11.8. The van der Waals surface area contributed by atoms with Crippen LogP contribution in [0.2, 0.25) is 0 Å². The molecule has 1 unspecified atom stereocenters. The SMILES string of the molecule is COc1cccc(C(O)CNC(=O)C/C=C/c2cccc(F)c2)c1. The quantitative estimate of drug-likeness (QED) is 0.821. The van der Waals surface area contributed by atoms with Gasteiger partial charge in [-0.15, -0.1) is 0 Å². The van der Waals surface area contributed by atoms with Gasteiger partial charge < -0.3 is 15.2 Å². The van der Waals surface area contributed by atoms with Crippen molar-refractivity contribution in [3.05, 3.63) is 71.6 Å². The molecule has 2 N–H and O–H groups in total. The summed E-state index contributed by atoms with van der Waals surface area (Å²) in [5.41, 5.74) is 1.36. The molecule has 0 aliphatic carbocycles. The number of carbonyl (C=O) groups excluding carboxylic acids is 1. The van der Waals surface area contributed by atoms with Crippen molar-refractivity contribution < 1.29 is 19.0 Å². The van der Waals surface area contributed by atoms with Crippen LogP contribution in [0.3, 0.4) is 0 Å². The Labute approximate surface area is 140 Å². The fraction of sp³-hybridized carbons (Fsp3) is 0.211. The number of benzene rings is 2. The fourth-order valence-electron chi connectivity index (χ4n) is 2.16. The Morgan fingerprint density at radius 1 is 1.29 bits per heavy atom. The van der Waals surface area contributed by atoms with Gasteiger partial charge in [-0.3, -0.25) is 4.79 Å². The lowest BCUT2D eigenvalue weighted by Gasteiger charge is -2.12. The number of carbonyl (C=O) groups is 1. The molecule has 2 aromatic carbocycles. The van der Waals surface area contributed by atoms with Crippen molar-refractivity contribution in [2.75, 3.05) is 13.7 Å². The van der Waals surface area contributed by atoms with Crippen molar-refractivity contribution in [1.29, 1.82) is 0 Å². The van der Waals surface area contributed by atoms with Crippen molar-refractivity contribution in [3.63, 3.8) is 0 Å². The number of ether oxygens (including phenoxy) is 1. The average molecular weight is 329 g/mol. The van der Waals surface area contributed by atoms with Crippen molar-refractivity contribution in [2.24, 2.45) is 0 Å². The number of aliphatic hydroxyl groups is 1. The number of halogens is 1. The first-order chi connectivity index (χ1) is 11.6. The molecule has 5 heteroatoms. The summed E-state index contributed by atoms with van der Waals surface area (Å²) in [6, 6.07) is 13.2. The summed E-state index contributed by atoms with van der Waals surface area (Å²) in [5.74, 6) is 0.114. The first kappa shape index (κ1) is 17.7. The van der Waals surface area contributed by atoms with E-state index in [1.54, 1.807) is 55.7 Å². The van der Waals surface area contributed by atoms with Crippen molar-refractivity contribution in [3.8, 4) is 5.75 Å². The van der Waals surface area contributed by atoms with Crippen LogP contribution in [0.5, 0.6) is 5.75 Å². The van der Waals surface area contributed by atoms with Gasteiger partial charge in [-0.1, -0.05) is 36.4 Å². The van der Waals surface area contributed by atoms with Crippen LogP contribution < -0.4 is 10.1 Å². The lowest BCUT2D eigenvalue weighted by atomic mass is 10.1. The van der Waals surface area contributed by atoms with E-state index in [1.165, 1.54) is 12.1 Å². The molecule has 126 valence electrons. The van der Waals surface area contributed by atoms with Gasteiger partial charge in [0.15, 0.2) is 0 Å². The molecule has 0 fully saturated rings. The highest BCUT2D eigenvalue weighted by Gasteiger charge is 2.09. The van der Waals surface area contributed by atoms with Crippen LogP contribution in [0.25, 0.3) is 6.08 Å². The minimum Gasteiger partial charge on any atom is -0.497 e. The summed E-state index contributed by atoms with van der Waals surface area (Å²) in [5, 5.41) is 12.8. The summed E-state index contributed by atoms with van der Waals surface area (Å²) in [6.45, 7) is 0.111. The molecule has 2 aromatic rings. The summed E-state index contributed by atoms with van der Waals surface area (Å²) in [6.07, 6.45) is 2.68. The molecular formula is C19H20FNO3. The van der Waals surface area contributed by atoms with Gasteiger partial charge in [-0.05, 0) is 35.4 Å². The molecule has 1 atom stereocenters. The first-order valence-corrected chi connectivity index (χ1v) is 7.59. The maximum atomic E-state index is 13.0. The monoisotopic (exact) mass is 329 g/mol. The Bertz CT molecular complexity index is 715. The molecule has 2 rings (SSSR count). The van der Waals surface area contributed by atoms with Gasteiger partial charge in [-0.25, -0.2) is 4.39 Å². The van der Waals surface area contributed by atoms with Crippen LogP contribution in [0.15, 0.2) is 54.6 Å². The first-order valence-electron chi connectivity index (χ1n) is 7.59. The van der Waals surface area contributed by atoms with Gasteiger partial charge >= 0.3 is 0 Å². The topological polar surface area (TPSA) is 58.6 Å². The van der Waals surface area contributed by atoms with Gasteiger partial charge in [0.2, 0.25) is 5.91 Å². The third-order valence-electron chi connectivity index (χ3n) is 3.43. The molecule has 0 saturated carbocycles. The number of methoxy groups -OCH3 is 1. The molecule has 24 heavy (non-hydrogen) atoms. The molecule has 0 saturated heterocycles. The van der Waals surface area contributed by atoms with E-state index in [9.17, 15) is 14.3 Å². The van der Waals surface area contributed by atoms with E-state index in [0.29, 0.717) is 16.9 Å². The summed E-state index contributed by atoms with van der Waals surface area (Å²) < 4.78 is 18.1. The van der Waals surface area contributed by atoms with Crippen LogP contribution in [0.4, 0.5) is 4.39 Å². The fourth-order valence-corrected chi connectivity index (χ4v) is 2.16. The van der Waals surface area contributed by atoms with Gasteiger partial charge in [-0.2, -0.15) is 0 Å². The summed E-state index contributed by atoms with van der Waals surface area (Å²) >= 11 is 0. The third-order valence-corrected chi connectivity index (χ3v) is 3.43. The van der Waals surface area contributed by atoms with Gasteiger partial charge in [0.25, 0.3) is 0 Å². The maximum Gasteiger partial charge on any atom is 0.223 e.